The lowest BCUT2D eigenvalue weighted by molar-refractivity contribution is -0.136. The lowest BCUT2D eigenvalue weighted by atomic mass is 10.2. The molecular formula is C14H18N4O6. The van der Waals surface area contributed by atoms with Crippen molar-refractivity contribution in [2.75, 3.05) is 46.5 Å². The minimum Gasteiger partial charge on any atom is -0.503 e. The number of amides is 2. The zero-order valence-electron chi connectivity index (χ0n) is 13.2. The fraction of sp³-hybridized carbons (Fsp3) is 0.571. The van der Waals surface area contributed by atoms with Crippen LogP contribution in [0, 0.1) is 0 Å². The Hall–Kier alpha value is -2.62. The maximum Gasteiger partial charge on any atom is 0.362 e. The lowest BCUT2D eigenvalue weighted by Crippen LogP contribution is -2.49. The second-order valence-electron chi connectivity index (χ2n) is 5.48. The monoisotopic (exact) mass is 338 g/mol. The largest absolute Gasteiger partial charge is 0.503 e. The van der Waals surface area contributed by atoms with Gasteiger partial charge in [0.1, 0.15) is 6.54 Å². The van der Waals surface area contributed by atoms with E-state index in [1.165, 1.54) is 9.58 Å². The van der Waals surface area contributed by atoms with Crippen LogP contribution in [0.1, 0.15) is 21.0 Å². The van der Waals surface area contributed by atoms with E-state index in [0.29, 0.717) is 26.3 Å². The molecule has 1 saturated heterocycles. The minimum absolute atomic E-state index is 0.0863. The Morgan fingerprint density at radius 3 is 2.62 bits per heavy atom. The van der Waals surface area contributed by atoms with Gasteiger partial charge in [-0.2, -0.15) is 5.10 Å². The van der Waals surface area contributed by atoms with E-state index in [2.05, 4.69) is 9.84 Å². The molecule has 2 aliphatic heterocycles. The van der Waals surface area contributed by atoms with Crippen LogP contribution in [0.3, 0.4) is 0 Å². The van der Waals surface area contributed by atoms with Crippen LogP contribution in [0.15, 0.2) is 0 Å². The van der Waals surface area contributed by atoms with E-state index in [4.69, 9.17) is 4.74 Å². The molecule has 1 aromatic heterocycles. The van der Waals surface area contributed by atoms with E-state index in [-0.39, 0.29) is 36.9 Å². The van der Waals surface area contributed by atoms with Crippen LogP contribution in [0.25, 0.3) is 0 Å². The molecule has 0 aliphatic carbocycles. The highest BCUT2D eigenvalue weighted by Gasteiger charge is 2.35. The summed E-state index contributed by atoms with van der Waals surface area (Å²) in [6, 6.07) is 0. The summed E-state index contributed by atoms with van der Waals surface area (Å²) < 4.78 is 11.0. The normalized spacial score (nSPS) is 17.6. The van der Waals surface area contributed by atoms with E-state index in [1.54, 1.807) is 4.90 Å². The predicted molar refractivity (Wildman–Crippen MR) is 78.5 cm³/mol. The number of hydrogen-bond donors (Lipinski definition) is 1. The zero-order valence-corrected chi connectivity index (χ0v) is 13.2. The Kier molecular flexibility index (Phi) is 4.38. The molecule has 24 heavy (non-hydrogen) atoms. The van der Waals surface area contributed by atoms with Crippen molar-refractivity contribution < 1.29 is 29.0 Å². The Morgan fingerprint density at radius 1 is 1.25 bits per heavy atom. The minimum atomic E-state index is -0.821. The fourth-order valence-corrected chi connectivity index (χ4v) is 2.75. The number of ether oxygens (including phenoxy) is 2. The number of carbonyl (C=O) groups is 3. The average molecular weight is 338 g/mol. The molecule has 130 valence electrons. The molecule has 0 aromatic carbocycles. The standard InChI is InChI=1S/C14H18N4O6/c1-23-14(22)10-12(20)11-13(21)17(2-3-18(11)15-10)8-9(19)16-4-6-24-7-5-16/h20H,2-8H2,1H3. The SMILES string of the molecule is COC(=O)c1nn2c(c1O)C(=O)N(CC(=O)N1CCOCC1)CC2. The van der Waals surface area contributed by atoms with Crippen LogP contribution in [-0.2, 0) is 20.8 Å². The van der Waals surface area contributed by atoms with Crippen molar-refractivity contribution in [2.45, 2.75) is 6.54 Å². The maximum absolute atomic E-state index is 12.5. The third-order valence-electron chi connectivity index (χ3n) is 4.07. The number of fused-ring (bicyclic) bond motifs is 1. The number of morpholine rings is 1. The summed E-state index contributed by atoms with van der Waals surface area (Å²) in [5.74, 6) is -2.05. The highest BCUT2D eigenvalue weighted by atomic mass is 16.5. The Labute approximate surface area is 137 Å². The molecule has 2 aliphatic rings. The van der Waals surface area contributed by atoms with Gasteiger partial charge >= 0.3 is 5.97 Å². The van der Waals surface area contributed by atoms with Crippen molar-refractivity contribution in [3.8, 4) is 5.75 Å². The third-order valence-corrected chi connectivity index (χ3v) is 4.07. The van der Waals surface area contributed by atoms with Crippen LogP contribution in [0.4, 0.5) is 0 Å². The van der Waals surface area contributed by atoms with Gasteiger partial charge < -0.3 is 24.4 Å². The number of rotatable bonds is 3. The molecule has 10 heteroatoms. The fourth-order valence-electron chi connectivity index (χ4n) is 2.75. The molecule has 0 radical (unpaired) electrons. The molecule has 0 unspecified atom stereocenters. The highest BCUT2D eigenvalue weighted by Crippen LogP contribution is 2.26. The first-order valence-electron chi connectivity index (χ1n) is 7.55. The molecule has 10 nitrogen and oxygen atoms in total. The van der Waals surface area contributed by atoms with E-state index < -0.39 is 17.6 Å². The lowest BCUT2D eigenvalue weighted by Gasteiger charge is -2.31. The smallest absolute Gasteiger partial charge is 0.362 e. The van der Waals surface area contributed by atoms with Crippen LogP contribution in [0.5, 0.6) is 5.75 Å². The van der Waals surface area contributed by atoms with E-state index in [0.717, 1.165) is 7.11 Å². The van der Waals surface area contributed by atoms with Crippen molar-refractivity contribution in [3.05, 3.63) is 11.4 Å². The summed E-state index contributed by atoms with van der Waals surface area (Å²) in [6.45, 7) is 2.42. The molecule has 1 N–H and O–H groups in total. The molecule has 0 atom stereocenters. The first kappa shape index (κ1) is 16.2. The molecule has 0 saturated carbocycles. The first-order chi connectivity index (χ1) is 11.5. The second kappa shape index (κ2) is 6.48. The van der Waals surface area contributed by atoms with Gasteiger partial charge in [-0.05, 0) is 0 Å². The molecule has 3 rings (SSSR count). The number of hydrogen-bond acceptors (Lipinski definition) is 7. The van der Waals surface area contributed by atoms with Crippen LogP contribution in [0.2, 0.25) is 0 Å². The van der Waals surface area contributed by atoms with Gasteiger partial charge in [-0.3, -0.25) is 14.3 Å². The molecule has 0 bridgehead atoms. The maximum atomic E-state index is 12.5. The quantitative estimate of drug-likeness (QED) is 0.681. The summed E-state index contributed by atoms with van der Waals surface area (Å²) >= 11 is 0. The van der Waals surface area contributed by atoms with Crippen LogP contribution >= 0.6 is 0 Å². The first-order valence-corrected chi connectivity index (χ1v) is 7.55. The van der Waals surface area contributed by atoms with Gasteiger partial charge in [0.2, 0.25) is 11.6 Å². The van der Waals surface area contributed by atoms with Crippen molar-refractivity contribution in [2.24, 2.45) is 0 Å². The number of aromatic nitrogens is 2. The Morgan fingerprint density at radius 2 is 1.96 bits per heavy atom. The van der Waals surface area contributed by atoms with Gasteiger partial charge in [-0.15, -0.1) is 0 Å². The molecular weight excluding hydrogens is 320 g/mol. The number of esters is 1. The van der Waals surface area contributed by atoms with Gasteiger partial charge in [0.05, 0.1) is 26.9 Å². The van der Waals surface area contributed by atoms with Gasteiger partial charge in [-0.1, -0.05) is 0 Å². The third kappa shape index (κ3) is 2.80. The molecule has 1 aromatic rings. The van der Waals surface area contributed by atoms with Gasteiger partial charge in [0.25, 0.3) is 5.91 Å². The van der Waals surface area contributed by atoms with E-state index in [9.17, 15) is 19.5 Å². The van der Waals surface area contributed by atoms with Crippen LogP contribution in [-0.4, -0.2) is 89.0 Å². The average Bonchev–Trinajstić information content (AvgIpc) is 2.95. The molecule has 2 amide bonds. The van der Waals surface area contributed by atoms with Crippen molar-refractivity contribution >= 4 is 17.8 Å². The van der Waals surface area contributed by atoms with Gasteiger partial charge in [-0.25, -0.2) is 4.79 Å². The Balaban J connectivity index is 1.75. The van der Waals surface area contributed by atoms with E-state index in [1.807, 2.05) is 0 Å². The molecule has 0 spiro atoms. The molecule has 3 heterocycles. The van der Waals surface area contributed by atoms with Crippen molar-refractivity contribution in [1.82, 2.24) is 19.6 Å². The number of nitrogens with zero attached hydrogens (tertiary/aromatic N) is 4. The zero-order chi connectivity index (χ0) is 17.3. The van der Waals surface area contributed by atoms with Crippen LogP contribution < -0.4 is 0 Å². The van der Waals surface area contributed by atoms with Crippen molar-refractivity contribution in [3.63, 3.8) is 0 Å². The number of aromatic hydroxyl groups is 1. The van der Waals surface area contributed by atoms with Gasteiger partial charge in [0.15, 0.2) is 11.4 Å². The van der Waals surface area contributed by atoms with Gasteiger partial charge in [0, 0.05) is 19.6 Å². The Bertz CT molecular complexity index is 679. The highest BCUT2D eigenvalue weighted by molar-refractivity contribution is 6.01. The molecule has 1 fully saturated rings. The summed E-state index contributed by atoms with van der Waals surface area (Å²) in [5, 5.41) is 14.0. The predicted octanol–water partition coefficient (Wildman–Crippen LogP) is -1.31. The number of carbonyl (C=O) groups excluding carboxylic acids is 3. The second-order valence-corrected chi connectivity index (χ2v) is 5.48. The van der Waals surface area contributed by atoms with Crippen molar-refractivity contribution in [1.29, 1.82) is 0 Å². The summed E-state index contributed by atoms with van der Waals surface area (Å²) in [6.07, 6.45) is 0. The number of methoxy groups -OCH3 is 1. The van der Waals surface area contributed by atoms with E-state index >= 15 is 0 Å². The summed E-state index contributed by atoms with van der Waals surface area (Å²) in [5.41, 5.74) is -0.404. The summed E-state index contributed by atoms with van der Waals surface area (Å²) in [7, 11) is 1.16. The topological polar surface area (TPSA) is 114 Å². The summed E-state index contributed by atoms with van der Waals surface area (Å²) in [4.78, 5) is 39.4.